The van der Waals surface area contributed by atoms with Crippen LogP contribution >= 0.6 is 11.6 Å². The highest BCUT2D eigenvalue weighted by molar-refractivity contribution is 6.30. The monoisotopic (exact) mass is 260 g/mol. The zero-order valence-electron chi connectivity index (χ0n) is 9.81. The molecule has 0 aliphatic carbocycles. The van der Waals surface area contributed by atoms with Crippen molar-refractivity contribution in [3.05, 3.63) is 47.5 Å². The lowest BCUT2D eigenvalue weighted by Crippen LogP contribution is -2.06. The molecule has 18 heavy (non-hydrogen) atoms. The van der Waals surface area contributed by atoms with E-state index in [-0.39, 0.29) is 0 Å². The van der Waals surface area contributed by atoms with E-state index in [0.29, 0.717) is 10.6 Å². The highest BCUT2D eigenvalue weighted by atomic mass is 35.5. The number of hydrogen-bond donors (Lipinski definition) is 1. The molecule has 1 N–H and O–H groups in total. The lowest BCUT2D eigenvalue weighted by molar-refractivity contribution is 0.661. The van der Waals surface area contributed by atoms with E-state index in [1.165, 1.54) is 0 Å². The number of nitrogens with one attached hydrogen (secondary N) is 1. The van der Waals surface area contributed by atoms with E-state index in [1.54, 1.807) is 30.7 Å². The van der Waals surface area contributed by atoms with Gasteiger partial charge < -0.3 is 9.88 Å². The van der Waals surface area contributed by atoms with Gasteiger partial charge in [0.15, 0.2) is 0 Å². The Morgan fingerprint density at radius 1 is 1.44 bits per heavy atom. The van der Waals surface area contributed by atoms with Gasteiger partial charge in [0.2, 0.25) is 0 Å². The minimum atomic E-state index is 0.613. The van der Waals surface area contributed by atoms with Crippen LogP contribution in [0.25, 0.3) is 0 Å². The molecule has 0 bridgehead atoms. The van der Waals surface area contributed by atoms with Crippen LogP contribution in [-0.4, -0.2) is 16.1 Å². The SMILES string of the molecule is N#Cc1ccc(Cl)cc1NCCCn1ccnc1. The number of benzene rings is 1. The zero-order valence-corrected chi connectivity index (χ0v) is 10.6. The Bertz CT molecular complexity index is 543. The number of aromatic nitrogens is 2. The molecular formula is C13H13ClN4. The zero-order chi connectivity index (χ0) is 12.8. The fraction of sp³-hybridized carbons (Fsp3) is 0.231. The van der Waals surface area contributed by atoms with Crippen LogP contribution in [0.1, 0.15) is 12.0 Å². The molecule has 0 aliphatic heterocycles. The second kappa shape index (κ2) is 6.08. The molecule has 0 fully saturated rings. The van der Waals surface area contributed by atoms with E-state index >= 15 is 0 Å². The average molecular weight is 261 g/mol. The topological polar surface area (TPSA) is 53.6 Å². The molecule has 0 saturated carbocycles. The van der Waals surface area contributed by atoms with Crippen molar-refractivity contribution in [2.24, 2.45) is 0 Å². The van der Waals surface area contributed by atoms with E-state index in [1.807, 2.05) is 10.8 Å². The summed E-state index contributed by atoms with van der Waals surface area (Å²) in [6.45, 7) is 1.68. The van der Waals surface area contributed by atoms with Crippen LogP contribution in [0.2, 0.25) is 5.02 Å². The summed E-state index contributed by atoms with van der Waals surface area (Å²) in [5.74, 6) is 0. The highest BCUT2D eigenvalue weighted by Crippen LogP contribution is 2.20. The predicted molar refractivity (Wildman–Crippen MR) is 71.5 cm³/mol. The Hall–Kier alpha value is -1.99. The van der Waals surface area contributed by atoms with Crippen LogP contribution in [0.3, 0.4) is 0 Å². The van der Waals surface area contributed by atoms with Crippen molar-refractivity contribution in [1.29, 1.82) is 5.26 Å². The first-order valence-corrected chi connectivity index (χ1v) is 6.06. The summed E-state index contributed by atoms with van der Waals surface area (Å²) in [6.07, 6.45) is 6.44. The first-order chi connectivity index (χ1) is 8.79. The van der Waals surface area contributed by atoms with Gasteiger partial charge in [-0.1, -0.05) is 11.6 Å². The van der Waals surface area contributed by atoms with Crippen LogP contribution in [-0.2, 0) is 6.54 Å². The highest BCUT2D eigenvalue weighted by Gasteiger charge is 2.01. The van der Waals surface area contributed by atoms with E-state index in [0.717, 1.165) is 25.2 Å². The molecule has 0 atom stereocenters. The van der Waals surface area contributed by atoms with Crippen LogP contribution < -0.4 is 5.32 Å². The van der Waals surface area contributed by atoms with Gasteiger partial charge in [-0.15, -0.1) is 0 Å². The lowest BCUT2D eigenvalue weighted by Gasteiger charge is -2.08. The van der Waals surface area contributed by atoms with Gasteiger partial charge in [0.25, 0.3) is 0 Å². The summed E-state index contributed by atoms with van der Waals surface area (Å²) in [6, 6.07) is 7.36. The molecule has 2 aromatic rings. The van der Waals surface area contributed by atoms with Crippen molar-refractivity contribution in [2.75, 3.05) is 11.9 Å². The molecule has 1 heterocycles. The molecule has 0 unspecified atom stereocenters. The standard InChI is InChI=1S/C13H13ClN4/c14-12-3-2-11(9-15)13(8-12)17-4-1-6-18-7-5-16-10-18/h2-3,5,7-8,10,17H,1,4,6H2. The molecule has 92 valence electrons. The van der Waals surface area contributed by atoms with Crippen molar-refractivity contribution in [3.63, 3.8) is 0 Å². The van der Waals surface area contributed by atoms with Gasteiger partial charge in [-0.25, -0.2) is 4.98 Å². The minimum Gasteiger partial charge on any atom is -0.384 e. The van der Waals surface area contributed by atoms with Gasteiger partial charge in [-0.05, 0) is 24.6 Å². The van der Waals surface area contributed by atoms with Gasteiger partial charge in [0.05, 0.1) is 17.6 Å². The Morgan fingerprint density at radius 2 is 2.33 bits per heavy atom. The first-order valence-electron chi connectivity index (χ1n) is 5.69. The number of aryl methyl sites for hydroxylation is 1. The molecule has 1 aromatic carbocycles. The number of rotatable bonds is 5. The van der Waals surface area contributed by atoms with E-state index in [4.69, 9.17) is 16.9 Å². The second-order valence-corrected chi connectivity index (χ2v) is 4.32. The molecule has 0 amide bonds. The maximum Gasteiger partial charge on any atom is 0.101 e. The van der Waals surface area contributed by atoms with Crippen molar-refractivity contribution in [2.45, 2.75) is 13.0 Å². The predicted octanol–water partition coefficient (Wildman–Crippen LogP) is 2.91. The maximum absolute atomic E-state index is 8.97. The molecule has 2 rings (SSSR count). The summed E-state index contributed by atoms with van der Waals surface area (Å²) in [5.41, 5.74) is 1.40. The van der Waals surface area contributed by atoms with Crippen molar-refractivity contribution < 1.29 is 0 Å². The van der Waals surface area contributed by atoms with Gasteiger partial charge in [-0.3, -0.25) is 0 Å². The number of anilines is 1. The molecule has 1 aromatic heterocycles. The van der Waals surface area contributed by atoms with Crippen LogP contribution in [0, 0.1) is 11.3 Å². The van der Waals surface area contributed by atoms with Crippen molar-refractivity contribution in [1.82, 2.24) is 9.55 Å². The third-order valence-corrected chi connectivity index (χ3v) is 2.80. The van der Waals surface area contributed by atoms with Crippen LogP contribution in [0.15, 0.2) is 36.9 Å². The number of nitriles is 1. The minimum absolute atomic E-state index is 0.613. The van der Waals surface area contributed by atoms with Crippen LogP contribution in [0.4, 0.5) is 5.69 Å². The third-order valence-electron chi connectivity index (χ3n) is 2.57. The lowest BCUT2D eigenvalue weighted by atomic mass is 10.2. The molecule has 4 nitrogen and oxygen atoms in total. The summed E-state index contributed by atoms with van der Waals surface area (Å²) in [7, 11) is 0. The second-order valence-electron chi connectivity index (χ2n) is 3.88. The number of imidazole rings is 1. The van der Waals surface area contributed by atoms with E-state index < -0.39 is 0 Å². The summed E-state index contributed by atoms with van der Waals surface area (Å²) >= 11 is 5.91. The summed E-state index contributed by atoms with van der Waals surface area (Å²) in [5, 5.41) is 12.8. The fourth-order valence-electron chi connectivity index (χ4n) is 1.66. The Morgan fingerprint density at radius 3 is 3.06 bits per heavy atom. The normalized spacial score (nSPS) is 10.0. The number of hydrogen-bond acceptors (Lipinski definition) is 3. The average Bonchev–Trinajstić information content (AvgIpc) is 2.88. The Kier molecular flexibility index (Phi) is 4.21. The summed E-state index contributed by atoms with van der Waals surface area (Å²) < 4.78 is 2.02. The molecule has 0 saturated heterocycles. The number of halogens is 1. The van der Waals surface area contributed by atoms with Crippen molar-refractivity contribution in [3.8, 4) is 6.07 Å². The number of nitrogens with zero attached hydrogens (tertiary/aromatic N) is 3. The largest absolute Gasteiger partial charge is 0.384 e. The molecule has 0 aliphatic rings. The van der Waals surface area contributed by atoms with E-state index in [9.17, 15) is 0 Å². The maximum atomic E-state index is 8.97. The van der Waals surface area contributed by atoms with Crippen LogP contribution in [0.5, 0.6) is 0 Å². The van der Waals surface area contributed by atoms with Gasteiger partial charge in [0.1, 0.15) is 6.07 Å². The molecule has 5 heteroatoms. The molecule has 0 radical (unpaired) electrons. The van der Waals surface area contributed by atoms with Gasteiger partial charge in [0, 0.05) is 30.5 Å². The molecular weight excluding hydrogens is 248 g/mol. The smallest absolute Gasteiger partial charge is 0.101 e. The first kappa shape index (κ1) is 12.5. The molecule has 0 spiro atoms. The third kappa shape index (κ3) is 3.25. The van der Waals surface area contributed by atoms with Crippen molar-refractivity contribution >= 4 is 17.3 Å². The fourth-order valence-corrected chi connectivity index (χ4v) is 1.84. The quantitative estimate of drug-likeness (QED) is 0.841. The van der Waals surface area contributed by atoms with Gasteiger partial charge in [-0.2, -0.15) is 5.26 Å². The Balaban J connectivity index is 1.86. The van der Waals surface area contributed by atoms with Gasteiger partial charge >= 0.3 is 0 Å². The Labute approximate surface area is 111 Å². The summed E-state index contributed by atoms with van der Waals surface area (Å²) in [4.78, 5) is 3.98. The van der Waals surface area contributed by atoms with E-state index in [2.05, 4.69) is 16.4 Å².